The molecule has 9 nitrogen and oxygen atoms in total. The summed E-state index contributed by atoms with van der Waals surface area (Å²) in [6.45, 7) is 3.10. The Hall–Kier alpha value is -3.21. The van der Waals surface area contributed by atoms with Crippen LogP contribution in [0.3, 0.4) is 0 Å². The van der Waals surface area contributed by atoms with Gasteiger partial charge in [0.2, 0.25) is 0 Å². The number of urea groups is 1. The molecule has 4 rings (SSSR count). The van der Waals surface area contributed by atoms with Gasteiger partial charge in [-0.05, 0) is 49.5 Å². The topological polar surface area (TPSA) is 111 Å². The van der Waals surface area contributed by atoms with Gasteiger partial charge in [-0.1, -0.05) is 15.9 Å². The number of halogens is 1. The molecule has 2 aliphatic rings. The molecule has 32 heavy (non-hydrogen) atoms. The quantitative estimate of drug-likeness (QED) is 0.440. The highest BCUT2D eigenvalue weighted by Crippen LogP contribution is 2.28. The van der Waals surface area contributed by atoms with E-state index in [4.69, 9.17) is 5.73 Å². The summed E-state index contributed by atoms with van der Waals surface area (Å²) in [5.41, 5.74) is 8.35. The number of likely N-dealkylation sites (N-methyl/N-ethyl adjacent to an activating group) is 1. The minimum absolute atomic E-state index is 0.348. The summed E-state index contributed by atoms with van der Waals surface area (Å²) in [5.74, 6) is -0.894. The second-order valence-corrected chi connectivity index (χ2v) is 8.55. The normalized spacial score (nSPS) is 18.2. The standard InChI is InChI=1S/C22H23BrN6O3/c1-27-8-10-28(11-9-27)29(22(24)32)16-5-3-15(4-6-16)25-13-19-18-12-14(23)2-7-17(18)20(30)26-21(19)31/h2-7,12-13,25H,8-11H2,1H3,(H2,24,32)(H,26,30,31)/b19-13-. The molecule has 1 fully saturated rings. The van der Waals surface area contributed by atoms with Gasteiger partial charge < -0.3 is 16.0 Å². The van der Waals surface area contributed by atoms with Crippen LogP contribution >= 0.6 is 15.9 Å². The van der Waals surface area contributed by atoms with Crippen LogP contribution in [0.25, 0.3) is 5.57 Å². The molecule has 0 saturated carbocycles. The lowest BCUT2D eigenvalue weighted by Crippen LogP contribution is -2.56. The number of rotatable bonds is 4. The second kappa shape index (κ2) is 9.11. The van der Waals surface area contributed by atoms with Gasteiger partial charge in [0.05, 0.1) is 11.3 Å². The molecule has 10 heteroatoms. The third kappa shape index (κ3) is 4.52. The molecule has 2 aromatic rings. The molecule has 0 radical (unpaired) electrons. The van der Waals surface area contributed by atoms with Crippen LogP contribution in [-0.2, 0) is 4.79 Å². The van der Waals surface area contributed by atoms with Crippen molar-refractivity contribution in [2.24, 2.45) is 5.73 Å². The van der Waals surface area contributed by atoms with E-state index in [1.54, 1.807) is 48.7 Å². The molecular weight excluding hydrogens is 476 g/mol. The SMILES string of the molecule is CN1CCN(N(C(N)=O)c2ccc(N/C=C3\C(=O)NC(=O)c4ccc(Br)cc43)cc2)CC1. The number of fused-ring (bicyclic) bond motifs is 1. The predicted molar refractivity (Wildman–Crippen MR) is 126 cm³/mol. The van der Waals surface area contributed by atoms with Gasteiger partial charge in [-0.2, -0.15) is 0 Å². The van der Waals surface area contributed by atoms with Crippen molar-refractivity contribution in [2.75, 3.05) is 43.6 Å². The lowest BCUT2D eigenvalue weighted by Gasteiger charge is -2.39. The van der Waals surface area contributed by atoms with Crippen LogP contribution in [0.4, 0.5) is 16.2 Å². The fourth-order valence-corrected chi connectivity index (χ4v) is 4.08. The van der Waals surface area contributed by atoms with Crippen LogP contribution in [0, 0.1) is 0 Å². The first-order chi connectivity index (χ1) is 15.3. The Labute approximate surface area is 193 Å². The number of carbonyl (C=O) groups excluding carboxylic acids is 3. The first kappa shape index (κ1) is 22.0. The highest BCUT2D eigenvalue weighted by molar-refractivity contribution is 9.10. The zero-order valence-corrected chi connectivity index (χ0v) is 19.1. The molecule has 4 amide bonds. The number of imide groups is 1. The number of nitrogens with one attached hydrogen (secondary N) is 2. The number of nitrogens with zero attached hydrogens (tertiary/aromatic N) is 3. The highest BCUT2D eigenvalue weighted by Gasteiger charge is 2.27. The maximum atomic E-state index is 12.4. The molecule has 1 saturated heterocycles. The van der Waals surface area contributed by atoms with Crippen molar-refractivity contribution in [2.45, 2.75) is 0 Å². The predicted octanol–water partition coefficient (Wildman–Crippen LogP) is 2.22. The van der Waals surface area contributed by atoms with Crippen molar-refractivity contribution >= 4 is 50.7 Å². The molecule has 166 valence electrons. The fraction of sp³-hybridized carbons (Fsp3) is 0.227. The van der Waals surface area contributed by atoms with Gasteiger partial charge in [-0.25, -0.2) is 14.8 Å². The van der Waals surface area contributed by atoms with Crippen LogP contribution in [0.1, 0.15) is 15.9 Å². The van der Waals surface area contributed by atoms with Crippen LogP contribution in [0.15, 0.2) is 53.1 Å². The van der Waals surface area contributed by atoms with E-state index >= 15 is 0 Å². The van der Waals surface area contributed by atoms with Crippen LogP contribution in [0.2, 0.25) is 0 Å². The molecule has 0 bridgehead atoms. The van der Waals surface area contributed by atoms with Gasteiger partial charge >= 0.3 is 6.03 Å². The van der Waals surface area contributed by atoms with Crippen LogP contribution in [-0.4, -0.2) is 61.0 Å². The molecule has 0 aliphatic carbocycles. The minimum atomic E-state index is -0.539. The number of hydrogen-bond donors (Lipinski definition) is 3. The van der Waals surface area contributed by atoms with Crippen LogP contribution < -0.4 is 21.4 Å². The summed E-state index contributed by atoms with van der Waals surface area (Å²) in [6, 6.07) is 11.8. The lowest BCUT2D eigenvalue weighted by molar-refractivity contribution is -0.114. The monoisotopic (exact) mass is 498 g/mol. The van der Waals surface area contributed by atoms with Gasteiger partial charge in [0.25, 0.3) is 11.8 Å². The Balaban J connectivity index is 1.54. The Kier molecular flexibility index (Phi) is 6.26. The van der Waals surface area contributed by atoms with E-state index in [1.807, 2.05) is 12.1 Å². The number of benzene rings is 2. The number of amides is 4. The second-order valence-electron chi connectivity index (χ2n) is 7.63. The summed E-state index contributed by atoms with van der Waals surface area (Å²) in [7, 11) is 2.04. The Morgan fingerprint density at radius 3 is 2.41 bits per heavy atom. The molecule has 0 spiro atoms. The number of piperazine rings is 1. The van der Waals surface area contributed by atoms with Gasteiger partial charge in [-0.15, -0.1) is 0 Å². The zero-order valence-electron chi connectivity index (χ0n) is 17.5. The van der Waals surface area contributed by atoms with Crippen molar-refractivity contribution in [1.29, 1.82) is 0 Å². The average molecular weight is 499 g/mol. The van der Waals surface area contributed by atoms with Crippen molar-refractivity contribution in [3.63, 3.8) is 0 Å². The van der Waals surface area contributed by atoms with Crippen molar-refractivity contribution < 1.29 is 14.4 Å². The number of primary amides is 1. The summed E-state index contributed by atoms with van der Waals surface area (Å²) < 4.78 is 0.768. The molecule has 0 unspecified atom stereocenters. The molecule has 4 N–H and O–H groups in total. The van der Waals surface area contributed by atoms with E-state index in [0.29, 0.717) is 41.2 Å². The maximum absolute atomic E-state index is 12.4. The number of carbonyl (C=O) groups is 3. The molecule has 0 atom stereocenters. The molecule has 2 aliphatic heterocycles. The Morgan fingerprint density at radius 2 is 1.75 bits per heavy atom. The smallest absolute Gasteiger partial charge is 0.334 e. The van der Waals surface area contributed by atoms with Gasteiger partial charge in [0.1, 0.15) is 0 Å². The Bertz CT molecular complexity index is 1090. The van der Waals surface area contributed by atoms with Crippen LogP contribution in [0.5, 0.6) is 0 Å². The average Bonchev–Trinajstić information content (AvgIpc) is 2.75. The van der Waals surface area contributed by atoms with E-state index in [2.05, 4.69) is 31.5 Å². The van der Waals surface area contributed by atoms with E-state index in [9.17, 15) is 14.4 Å². The number of anilines is 2. The van der Waals surface area contributed by atoms with Gasteiger partial charge in [-0.3, -0.25) is 14.9 Å². The number of hydrazine groups is 1. The number of hydrogen-bond acceptors (Lipinski definition) is 6. The first-order valence-electron chi connectivity index (χ1n) is 10.1. The summed E-state index contributed by atoms with van der Waals surface area (Å²) >= 11 is 3.38. The fourth-order valence-electron chi connectivity index (χ4n) is 3.72. The van der Waals surface area contributed by atoms with E-state index in [1.165, 1.54) is 5.01 Å². The van der Waals surface area contributed by atoms with Crippen molar-refractivity contribution in [1.82, 2.24) is 15.2 Å². The highest BCUT2D eigenvalue weighted by atomic mass is 79.9. The van der Waals surface area contributed by atoms with E-state index < -0.39 is 17.8 Å². The minimum Gasteiger partial charge on any atom is -0.361 e. The van der Waals surface area contributed by atoms with Crippen molar-refractivity contribution in [3.8, 4) is 0 Å². The number of nitrogens with two attached hydrogens (primary N) is 1. The maximum Gasteiger partial charge on any atom is 0.334 e. The van der Waals surface area contributed by atoms with Gasteiger partial charge in [0, 0.05) is 53.7 Å². The lowest BCUT2D eigenvalue weighted by atomic mass is 9.95. The first-order valence-corrected chi connectivity index (χ1v) is 10.9. The zero-order chi connectivity index (χ0) is 22.8. The van der Waals surface area contributed by atoms with Gasteiger partial charge in [0.15, 0.2) is 0 Å². The largest absolute Gasteiger partial charge is 0.361 e. The summed E-state index contributed by atoms with van der Waals surface area (Å²) in [4.78, 5) is 38.8. The molecular formula is C22H23BrN6O3. The van der Waals surface area contributed by atoms with Crippen molar-refractivity contribution in [3.05, 3.63) is 64.3 Å². The Morgan fingerprint density at radius 1 is 1.06 bits per heavy atom. The van der Waals surface area contributed by atoms with E-state index in [0.717, 1.165) is 17.6 Å². The summed E-state index contributed by atoms with van der Waals surface area (Å²) in [5, 5.41) is 8.87. The summed E-state index contributed by atoms with van der Waals surface area (Å²) in [6.07, 6.45) is 1.56. The molecule has 0 aromatic heterocycles. The molecule has 2 aromatic carbocycles. The van der Waals surface area contributed by atoms with E-state index in [-0.39, 0.29) is 0 Å². The molecule has 2 heterocycles. The third-order valence-corrected chi connectivity index (χ3v) is 5.95. The third-order valence-electron chi connectivity index (χ3n) is 5.45.